The maximum absolute atomic E-state index is 5.61. The van der Waals surface area contributed by atoms with E-state index < -0.39 is 0 Å². The zero-order valence-corrected chi connectivity index (χ0v) is 18.8. The van der Waals surface area contributed by atoms with Crippen molar-refractivity contribution in [3.8, 4) is 5.75 Å². The minimum absolute atomic E-state index is 0. The van der Waals surface area contributed by atoms with Gasteiger partial charge in [-0.25, -0.2) is 9.98 Å². The molecule has 2 aromatic rings. The van der Waals surface area contributed by atoms with Crippen LogP contribution in [0.15, 0.2) is 33.7 Å². The number of nitrogens with zero attached hydrogens (tertiary/aromatic N) is 2. The lowest BCUT2D eigenvalue weighted by Crippen LogP contribution is -2.41. The van der Waals surface area contributed by atoms with Crippen LogP contribution in [0.25, 0.3) is 0 Å². The Labute approximate surface area is 178 Å². The standard InChI is InChI=1S/C20H28N4O2.HI/c1-5-21-19(22-12-18-24-14(2)15(3)26-18)23-13-20(10-11-20)16-6-8-17(25-4)9-7-16;/h6-9H,5,10-13H2,1-4H3,(H2,21,22,23);1H. The molecule has 1 aromatic carbocycles. The molecule has 1 saturated carbocycles. The molecule has 0 spiro atoms. The van der Waals surface area contributed by atoms with Gasteiger partial charge in [0.1, 0.15) is 18.1 Å². The number of aromatic nitrogens is 1. The van der Waals surface area contributed by atoms with Gasteiger partial charge in [-0.2, -0.15) is 0 Å². The number of ether oxygens (including phenoxy) is 1. The molecular weight excluding hydrogens is 455 g/mol. The SMILES string of the molecule is CCNC(=NCc1nc(C)c(C)o1)NCC1(c2ccc(OC)cc2)CC1.I. The predicted molar refractivity (Wildman–Crippen MR) is 118 cm³/mol. The summed E-state index contributed by atoms with van der Waals surface area (Å²) in [4.78, 5) is 8.99. The molecule has 0 bridgehead atoms. The van der Waals surface area contributed by atoms with E-state index in [1.54, 1.807) is 7.11 Å². The molecular formula is C20H29IN4O2. The first kappa shape index (κ1) is 21.5. The van der Waals surface area contributed by atoms with Gasteiger partial charge in [0.05, 0.1) is 12.8 Å². The zero-order chi connectivity index (χ0) is 18.6. The van der Waals surface area contributed by atoms with Crippen LogP contribution in [-0.4, -0.2) is 31.1 Å². The summed E-state index contributed by atoms with van der Waals surface area (Å²) in [7, 11) is 1.69. The van der Waals surface area contributed by atoms with E-state index in [9.17, 15) is 0 Å². The molecule has 1 heterocycles. The molecule has 0 saturated heterocycles. The van der Waals surface area contributed by atoms with Gasteiger partial charge in [0.15, 0.2) is 5.96 Å². The lowest BCUT2D eigenvalue weighted by Gasteiger charge is -2.19. The van der Waals surface area contributed by atoms with Gasteiger partial charge in [0.25, 0.3) is 0 Å². The third kappa shape index (κ3) is 5.37. The van der Waals surface area contributed by atoms with Gasteiger partial charge >= 0.3 is 0 Å². The molecule has 0 aliphatic heterocycles. The van der Waals surface area contributed by atoms with Crippen molar-refractivity contribution in [2.45, 2.75) is 45.6 Å². The van der Waals surface area contributed by atoms with Crippen molar-refractivity contribution in [3.05, 3.63) is 47.2 Å². The average molecular weight is 484 g/mol. The highest BCUT2D eigenvalue weighted by Gasteiger charge is 2.44. The topological polar surface area (TPSA) is 71.7 Å². The molecule has 7 heteroatoms. The molecule has 3 rings (SSSR count). The second kappa shape index (κ2) is 9.43. The Bertz CT molecular complexity index is 747. The van der Waals surface area contributed by atoms with Crippen molar-refractivity contribution in [3.63, 3.8) is 0 Å². The fourth-order valence-corrected chi connectivity index (χ4v) is 3.01. The molecule has 6 nitrogen and oxygen atoms in total. The number of halogens is 1. The Morgan fingerprint density at radius 1 is 1.22 bits per heavy atom. The predicted octanol–water partition coefficient (Wildman–Crippen LogP) is 3.70. The van der Waals surface area contributed by atoms with Crippen LogP contribution in [-0.2, 0) is 12.0 Å². The number of nitrogens with one attached hydrogen (secondary N) is 2. The molecule has 0 amide bonds. The Balaban J connectivity index is 0.00000261. The molecule has 0 unspecified atom stereocenters. The third-order valence-electron chi connectivity index (χ3n) is 4.94. The fourth-order valence-electron chi connectivity index (χ4n) is 3.01. The average Bonchev–Trinajstić information content (AvgIpc) is 3.38. The summed E-state index contributed by atoms with van der Waals surface area (Å²) in [5, 5.41) is 6.77. The van der Waals surface area contributed by atoms with Crippen molar-refractivity contribution in [2.24, 2.45) is 4.99 Å². The van der Waals surface area contributed by atoms with Crippen LogP contribution in [0.1, 0.15) is 42.7 Å². The molecule has 148 valence electrons. The van der Waals surface area contributed by atoms with E-state index in [0.29, 0.717) is 12.4 Å². The van der Waals surface area contributed by atoms with Crippen molar-refractivity contribution in [1.29, 1.82) is 0 Å². The number of aliphatic imine (C=N–C) groups is 1. The van der Waals surface area contributed by atoms with E-state index in [2.05, 4.69) is 39.7 Å². The molecule has 0 radical (unpaired) electrons. The van der Waals surface area contributed by atoms with Crippen LogP contribution in [0.5, 0.6) is 5.75 Å². The fraction of sp³-hybridized carbons (Fsp3) is 0.500. The van der Waals surface area contributed by atoms with Crippen molar-refractivity contribution >= 4 is 29.9 Å². The number of hydrogen-bond acceptors (Lipinski definition) is 4. The number of hydrogen-bond donors (Lipinski definition) is 2. The molecule has 1 aromatic heterocycles. The highest BCUT2D eigenvalue weighted by molar-refractivity contribution is 14.0. The van der Waals surface area contributed by atoms with Gasteiger partial charge < -0.3 is 19.8 Å². The largest absolute Gasteiger partial charge is 0.497 e. The van der Waals surface area contributed by atoms with Crippen LogP contribution >= 0.6 is 24.0 Å². The van der Waals surface area contributed by atoms with Crippen LogP contribution in [0, 0.1) is 13.8 Å². The van der Waals surface area contributed by atoms with Gasteiger partial charge in [0.2, 0.25) is 5.89 Å². The number of aryl methyl sites for hydroxylation is 2. The number of rotatable bonds is 7. The van der Waals surface area contributed by atoms with Gasteiger partial charge in [-0.1, -0.05) is 12.1 Å². The Morgan fingerprint density at radius 3 is 2.44 bits per heavy atom. The summed E-state index contributed by atoms with van der Waals surface area (Å²) in [5.74, 6) is 3.18. The van der Waals surface area contributed by atoms with E-state index in [-0.39, 0.29) is 29.4 Å². The number of methoxy groups -OCH3 is 1. The summed E-state index contributed by atoms with van der Waals surface area (Å²) in [6.07, 6.45) is 2.37. The van der Waals surface area contributed by atoms with Crippen LogP contribution in [0.4, 0.5) is 0 Å². The highest BCUT2D eigenvalue weighted by atomic mass is 127. The maximum Gasteiger partial charge on any atom is 0.216 e. The molecule has 1 aliphatic carbocycles. The highest BCUT2D eigenvalue weighted by Crippen LogP contribution is 2.47. The van der Waals surface area contributed by atoms with E-state index in [0.717, 1.165) is 36.3 Å². The van der Waals surface area contributed by atoms with Crippen molar-refractivity contribution in [2.75, 3.05) is 20.2 Å². The van der Waals surface area contributed by atoms with Crippen LogP contribution in [0.2, 0.25) is 0 Å². The van der Waals surface area contributed by atoms with Crippen molar-refractivity contribution in [1.82, 2.24) is 15.6 Å². The Kier molecular flexibility index (Phi) is 7.52. The molecule has 1 aliphatic rings. The minimum atomic E-state index is 0. The molecule has 27 heavy (non-hydrogen) atoms. The minimum Gasteiger partial charge on any atom is -0.497 e. The summed E-state index contributed by atoms with van der Waals surface area (Å²) >= 11 is 0. The van der Waals surface area contributed by atoms with E-state index in [1.165, 1.54) is 18.4 Å². The van der Waals surface area contributed by atoms with E-state index >= 15 is 0 Å². The lowest BCUT2D eigenvalue weighted by molar-refractivity contribution is 0.414. The van der Waals surface area contributed by atoms with Gasteiger partial charge in [-0.05, 0) is 51.3 Å². The normalized spacial score (nSPS) is 15.0. The lowest BCUT2D eigenvalue weighted by atomic mass is 9.96. The molecule has 1 fully saturated rings. The summed E-state index contributed by atoms with van der Waals surface area (Å²) < 4.78 is 10.9. The quantitative estimate of drug-likeness (QED) is 0.356. The zero-order valence-electron chi connectivity index (χ0n) is 16.5. The second-order valence-corrected chi connectivity index (χ2v) is 6.81. The number of oxazole rings is 1. The summed E-state index contributed by atoms with van der Waals surface area (Å²) in [5.41, 5.74) is 2.46. The Morgan fingerprint density at radius 2 is 1.93 bits per heavy atom. The van der Waals surface area contributed by atoms with Gasteiger partial charge in [0, 0.05) is 18.5 Å². The van der Waals surface area contributed by atoms with E-state index in [1.807, 2.05) is 26.0 Å². The Hall–Kier alpha value is -1.77. The summed E-state index contributed by atoms with van der Waals surface area (Å²) in [6.45, 7) is 8.03. The number of guanidine groups is 1. The first-order valence-electron chi connectivity index (χ1n) is 9.16. The van der Waals surface area contributed by atoms with Gasteiger partial charge in [-0.15, -0.1) is 24.0 Å². The van der Waals surface area contributed by atoms with Crippen molar-refractivity contribution < 1.29 is 9.15 Å². The van der Waals surface area contributed by atoms with Crippen LogP contribution in [0.3, 0.4) is 0 Å². The maximum atomic E-state index is 5.61. The second-order valence-electron chi connectivity index (χ2n) is 6.81. The molecule has 0 atom stereocenters. The number of benzene rings is 1. The first-order valence-corrected chi connectivity index (χ1v) is 9.16. The smallest absolute Gasteiger partial charge is 0.216 e. The van der Waals surface area contributed by atoms with Gasteiger partial charge in [-0.3, -0.25) is 0 Å². The van der Waals surface area contributed by atoms with E-state index in [4.69, 9.17) is 9.15 Å². The molecule has 2 N–H and O–H groups in total. The monoisotopic (exact) mass is 484 g/mol. The summed E-state index contributed by atoms with van der Waals surface area (Å²) in [6, 6.07) is 8.38. The third-order valence-corrected chi connectivity index (χ3v) is 4.94. The van der Waals surface area contributed by atoms with Crippen LogP contribution < -0.4 is 15.4 Å². The first-order chi connectivity index (χ1) is 12.6.